The molecule has 1 heterocycles. The molecule has 21 heavy (non-hydrogen) atoms. The van der Waals surface area contributed by atoms with Gasteiger partial charge >= 0.3 is 6.03 Å². The summed E-state index contributed by atoms with van der Waals surface area (Å²) in [6.07, 6.45) is 3.36. The van der Waals surface area contributed by atoms with Crippen LogP contribution in [-0.2, 0) is 0 Å². The van der Waals surface area contributed by atoms with Crippen LogP contribution in [0.25, 0.3) is 0 Å². The highest BCUT2D eigenvalue weighted by Crippen LogP contribution is 2.16. The molecule has 2 rings (SSSR count). The van der Waals surface area contributed by atoms with Gasteiger partial charge in [-0.05, 0) is 50.2 Å². The molecule has 0 bridgehead atoms. The second kappa shape index (κ2) is 6.85. The van der Waals surface area contributed by atoms with Crippen LogP contribution < -0.4 is 16.0 Å². The van der Waals surface area contributed by atoms with Crippen LogP contribution in [0.2, 0.25) is 0 Å². The molecule has 2 amide bonds. The summed E-state index contributed by atoms with van der Waals surface area (Å²) in [5.74, 6) is 0. The molecule has 5 heteroatoms. The van der Waals surface area contributed by atoms with E-state index >= 15 is 0 Å². The first-order valence-electron chi connectivity index (χ1n) is 6.85. The standard InChI is InChI=1S/C16H20N4O/c1-11-8-15(10-18-9-11)20-16(21)19-14-6-4-13(5-7-14)12(2)17-3/h4-10,12,17H,1-3H3,(H2,19,20,21). The van der Waals surface area contributed by atoms with Gasteiger partial charge in [0.25, 0.3) is 0 Å². The van der Waals surface area contributed by atoms with Crippen LogP contribution >= 0.6 is 0 Å². The second-order valence-corrected chi connectivity index (χ2v) is 4.96. The third-order valence-corrected chi connectivity index (χ3v) is 3.23. The average Bonchev–Trinajstić information content (AvgIpc) is 2.47. The van der Waals surface area contributed by atoms with Crippen LogP contribution in [0.1, 0.15) is 24.1 Å². The first-order chi connectivity index (χ1) is 10.1. The zero-order chi connectivity index (χ0) is 15.2. The fraction of sp³-hybridized carbons (Fsp3) is 0.250. The molecule has 5 nitrogen and oxygen atoms in total. The minimum atomic E-state index is -0.281. The smallest absolute Gasteiger partial charge is 0.313 e. The first-order valence-corrected chi connectivity index (χ1v) is 6.85. The number of benzene rings is 1. The number of nitrogens with one attached hydrogen (secondary N) is 3. The van der Waals surface area contributed by atoms with Gasteiger partial charge in [0, 0.05) is 17.9 Å². The highest BCUT2D eigenvalue weighted by atomic mass is 16.2. The first kappa shape index (κ1) is 15.0. The van der Waals surface area contributed by atoms with E-state index in [9.17, 15) is 4.79 Å². The van der Waals surface area contributed by atoms with Crippen LogP contribution in [0.15, 0.2) is 42.7 Å². The summed E-state index contributed by atoms with van der Waals surface area (Å²) >= 11 is 0. The quantitative estimate of drug-likeness (QED) is 0.807. The van der Waals surface area contributed by atoms with E-state index in [4.69, 9.17) is 0 Å². The molecule has 1 aromatic heterocycles. The third kappa shape index (κ3) is 4.29. The summed E-state index contributed by atoms with van der Waals surface area (Å²) in [6.45, 7) is 4.01. The van der Waals surface area contributed by atoms with Gasteiger partial charge in [-0.2, -0.15) is 0 Å². The number of pyridine rings is 1. The van der Waals surface area contributed by atoms with E-state index in [-0.39, 0.29) is 12.1 Å². The number of amides is 2. The molecule has 110 valence electrons. The summed E-state index contributed by atoms with van der Waals surface area (Å²) in [4.78, 5) is 15.9. The summed E-state index contributed by atoms with van der Waals surface area (Å²) < 4.78 is 0. The number of nitrogens with zero attached hydrogens (tertiary/aromatic N) is 1. The normalized spacial score (nSPS) is 11.8. The Labute approximate surface area is 124 Å². The predicted molar refractivity (Wildman–Crippen MR) is 85.5 cm³/mol. The predicted octanol–water partition coefficient (Wildman–Crippen LogP) is 3.31. The zero-order valence-electron chi connectivity index (χ0n) is 12.5. The Bertz CT molecular complexity index is 610. The van der Waals surface area contributed by atoms with E-state index in [0.717, 1.165) is 11.3 Å². The van der Waals surface area contributed by atoms with Crippen LogP contribution in [0, 0.1) is 6.92 Å². The number of anilines is 2. The van der Waals surface area contributed by atoms with Crippen molar-refractivity contribution in [1.29, 1.82) is 0 Å². The Hall–Kier alpha value is -2.40. The lowest BCUT2D eigenvalue weighted by Crippen LogP contribution is -2.19. The van der Waals surface area contributed by atoms with Gasteiger partial charge in [0.05, 0.1) is 11.9 Å². The van der Waals surface area contributed by atoms with Crippen molar-refractivity contribution in [3.05, 3.63) is 53.9 Å². The Morgan fingerprint density at radius 3 is 2.38 bits per heavy atom. The molecule has 1 atom stereocenters. The van der Waals surface area contributed by atoms with Gasteiger partial charge < -0.3 is 16.0 Å². The molecule has 0 saturated heterocycles. The lowest BCUT2D eigenvalue weighted by Gasteiger charge is -2.12. The second-order valence-electron chi connectivity index (χ2n) is 4.96. The number of hydrogen-bond acceptors (Lipinski definition) is 3. The van der Waals surface area contributed by atoms with E-state index in [2.05, 4.69) is 27.9 Å². The number of carbonyl (C=O) groups excluding carboxylic acids is 1. The summed E-state index contributed by atoms with van der Waals surface area (Å²) in [6, 6.07) is 9.62. The molecular weight excluding hydrogens is 264 g/mol. The van der Waals surface area contributed by atoms with Crippen molar-refractivity contribution in [2.45, 2.75) is 19.9 Å². The Morgan fingerprint density at radius 2 is 1.76 bits per heavy atom. The number of urea groups is 1. The van der Waals surface area contributed by atoms with Gasteiger partial charge in [-0.1, -0.05) is 12.1 Å². The van der Waals surface area contributed by atoms with Crippen LogP contribution in [0.5, 0.6) is 0 Å². The van der Waals surface area contributed by atoms with E-state index in [1.165, 1.54) is 5.56 Å². The van der Waals surface area contributed by atoms with Crippen molar-refractivity contribution < 1.29 is 4.79 Å². The Kier molecular flexibility index (Phi) is 4.90. The Balaban J connectivity index is 1.96. The third-order valence-electron chi connectivity index (χ3n) is 3.23. The van der Waals surface area contributed by atoms with Crippen LogP contribution in [-0.4, -0.2) is 18.1 Å². The monoisotopic (exact) mass is 284 g/mol. The Morgan fingerprint density at radius 1 is 1.10 bits per heavy atom. The molecule has 2 aromatic rings. The topological polar surface area (TPSA) is 66.0 Å². The molecule has 0 fully saturated rings. The van der Waals surface area contributed by atoms with Gasteiger partial charge in [-0.25, -0.2) is 4.79 Å². The van der Waals surface area contributed by atoms with Crippen molar-refractivity contribution in [2.75, 3.05) is 17.7 Å². The molecule has 0 aliphatic rings. The number of aromatic nitrogens is 1. The number of rotatable bonds is 4. The van der Waals surface area contributed by atoms with Crippen molar-refractivity contribution >= 4 is 17.4 Å². The molecule has 0 spiro atoms. The fourth-order valence-electron chi connectivity index (χ4n) is 1.94. The van der Waals surface area contributed by atoms with E-state index < -0.39 is 0 Å². The number of carbonyl (C=O) groups is 1. The molecule has 0 aliphatic heterocycles. The van der Waals surface area contributed by atoms with Crippen LogP contribution in [0.3, 0.4) is 0 Å². The van der Waals surface area contributed by atoms with Gasteiger partial charge in [0.1, 0.15) is 0 Å². The minimum absolute atomic E-state index is 0.281. The van der Waals surface area contributed by atoms with Crippen molar-refractivity contribution in [3.8, 4) is 0 Å². The molecule has 0 radical (unpaired) electrons. The highest BCUT2D eigenvalue weighted by molar-refractivity contribution is 5.99. The molecule has 1 aromatic carbocycles. The summed E-state index contributed by atoms with van der Waals surface area (Å²) in [5, 5.41) is 8.72. The average molecular weight is 284 g/mol. The van der Waals surface area contributed by atoms with Gasteiger partial charge in [0.15, 0.2) is 0 Å². The zero-order valence-corrected chi connectivity index (χ0v) is 12.5. The fourth-order valence-corrected chi connectivity index (χ4v) is 1.94. The van der Waals surface area contributed by atoms with Crippen molar-refractivity contribution in [1.82, 2.24) is 10.3 Å². The molecule has 0 aliphatic carbocycles. The van der Waals surface area contributed by atoms with Crippen LogP contribution in [0.4, 0.5) is 16.2 Å². The molecule has 1 unspecified atom stereocenters. The van der Waals surface area contributed by atoms with Crippen molar-refractivity contribution in [3.63, 3.8) is 0 Å². The summed E-state index contributed by atoms with van der Waals surface area (Å²) in [5.41, 5.74) is 3.60. The lowest BCUT2D eigenvalue weighted by atomic mass is 10.1. The molecular formula is C16H20N4O. The maximum Gasteiger partial charge on any atom is 0.323 e. The highest BCUT2D eigenvalue weighted by Gasteiger charge is 2.05. The molecule has 3 N–H and O–H groups in total. The van der Waals surface area contributed by atoms with Gasteiger partial charge in [0.2, 0.25) is 0 Å². The SMILES string of the molecule is CNC(C)c1ccc(NC(=O)Nc2cncc(C)c2)cc1. The lowest BCUT2D eigenvalue weighted by molar-refractivity contribution is 0.262. The van der Waals surface area contributed by atoms with Gasteiger partial charge in [-0.15, -0.1) is 0 Å². The summed E-state index contributed by atoms with van der Waals surface area (Å²) in [7, 11) is 1.92. The van der Waals surface area contributed by atoms with E-state index in [0.29, 0.717) is 5.69 Å². The van der Waals surface area contributed by atoms with E-state index in [1.54, 1.807) is 12.4 Å². The largest absolute Gasteiger partial charge is 0.323 e. The van der Waals surface area contributed by atoms with Crippen molar-refractivity contribution in [2.24, 2.45) is 0 Å². The number of hydrogen-bond donors (Lipinski definition) is 3. The minimum Gasteiger partial charge on any atom is -0.313 e. The van der Waals surface area contributed by atoms with Gasteiger partial charge in [-0.3, -0.25) is 4.98 Å². The molecule has 0 saturated carbocycles. The van der Waals surface area contributed by atoms with E-state index in [1.807, 2.05) is 44.3 Å². The number of aryl methyl sites for hydroxylation is 1. The maximum absolute atomic E-state index is 11.9. The maximum atomic E-state index is 11.9.